The highest BCUT2D eigenvalue weighted by atomic mass is 16.1. The number of para-hydroxylation sites is 3. The van der Waals surface area contributed by atoms with Gasteiger partial charge in [0.15, 0.2) is 5.78 Å². The maximum Gasteiger partial charge on any atom is 0.193 e. The molecule has 1 aliphatic carbocycles. The molecule has 224 valence electrons. The predicted molar refractivity (Wildman–Crippen MR) is 186 cm³/mol. The summed E-state index contributed by atoms with van der Waals surface area (Å²) in [5, 5.41) is 0. The van der Waals surface area contributed by atoms with Crippen LogP contribution in [0.2, 0.25) is 0 Å². The van der Waals surface area contributed by atoms with Crippen LogP contribution >= 0.6 is 0 Å². The Morgan fingerprint density at radius 3 is 1.76 bits per heavy atom. The largest absolute Gasteiger partial charge is 0.309 e. The lowest BCUT2D eigenvalue weighted by molar-refractivity contribution is 0.103. The highest BCUT2D eigenvalue weighted by Crippen LogP contribution is 2.64. The van der Waals surface area contributed by atoms with Gasteiger partial charge in [0.25, 0.3) is 0 Å². The van der Waals surface area contributed by atoms with Crippen LogP contribution in [0.5, 0.6) is 0 Å². The molecular formula is C43H41NO. The Labute approximate surface area is 267 Å². The number of carbonyl (C=O) groups is 1. The highest BCUT2D eigenvalue weighted by molar-refractivity contribution is 6.15. The molecule has 1 spiro atoms. The molecule has 0 aromatic heterocycles. The Balaban J connectivity index is 1.59. The fourth-order valence-corrected chi connectivity index (χ4v) is 8.35. The van der Waals surface area contributed by atoms with E-state index in [2.05, 4.69) is 163 Å². The second-order valence-electron chi connectivity index (χ2n) is 15.8. The average Bonchev–Trinajstić information content (AvgIpc) is 3.01. The fraction of sp³-hybridized carbons (Fsp3) is 0.279. The monoisotopic (exact) mass is 587 g/mol. The van der Waals surface area contributed by atoms with Crippen molar-refractivity contribution in [3.63, 3.8) is 0 Å². The topological polar surface area (TPSA) is 20.3 Å². The average molecular weight is 588 g/mol. The summed E-state index contributed by atoms with van der Waals surface area (Å²) >= 11 is 0. The number of fused-ring (bicyclic) bond motifs is 10. The summed E-state index contributed by atoms with van der Waals surface area (Å²) in [6.45, 7) is 18.2. The van der Waals surface area contributed by atoms with Gasteiger partial charge in [-0.05, 0) is 73.5 Å². The van der Waals surface area contributed by atoms with E-state index in [1.807, 2.05) is 0 Å². The second-order valence-corrected chi connectivity index (χ2v) is 15.8. The molecule has 0 saturated carbocycles. The van der Waals surface area contributed by atoms with Gasteiger partial charge in [-0.15, -0.1) is 0 Å². The van der Waals surface area contributed by atoms with E-state index in [4.69, 9.17) is 0 Å². The Hall–Kier alpha value is -4.43. The Morgan fingerprint density at radius 2 is 1.07 bits per heavy atom. The van der Waals surface area contributed by atoms with E-state index in [0.29, 0.717) is 0 Å². The van der Waals surface area contributed by atoms with Crippen molar-refractivity contribution in [3.8, 4) is 0 Å². The zero-order valence-electron chi connectivity index (χ0n) is 27.7. The molecule has 0 radical (unpaired) electrons. The maximum atomic E-state index is 14.7. The van der Waals surface area contributed by atoms with Gasteiger partial charge in [-0.2, -0.15) is 0 Å². The lowest BCUT2D eigenvalue weighted by Gasteiger charge is -2.53. The van der Waals surface area contributed by atoms with Gasteiger partial charge in [0.05, 0.1) is 22.5 Å². The third kappa shape index (κ3) is 3.54. The maximum absolute atomic E-state index is 14.7. The molecule has 8 rings (SSSR count). The van der Waals surface area contributed by atoms with Crippen molar-refractivity contribution in [2.75, 3.05) is 4.90 Å². The van der Waals surface area contributed by atoms with Crippen molar-refractivity contribution in [2.24, 2.45) is 0 Å². The first-order valence-corrected chi connectivity index (χ1v) is 16.2. The first-order valence-electron chi connectivity index (χ1n) is 16.2. The molecule has 2 nitrogen and oxygen atoms in total. The summed E-state index contributed by atoms with van der Waals surface area (Å²) in [6.07, 6.45) is 0. The molecule has 0 amide bonds. The summed E-state index contributed by atoms with van der Waals surface area (Å²) < 4.78 is 0. The van der Waals surface area contributed by atoms with Crippen LogP contribution < -0.4 is 4.90 Å². The van der Waals surface area contributed by atoms with Crippen LogP contribution in [-0.2, 0) is 21.7 Å². The number of anilines is 3. The van der Waals surface area contributed by atoms with Gasteiger partial charge >= 0.3 is 0 Å². The number of nitrogens with zero attached hydrogens (tertiary/aromatic N) is 1. The Kier molecular flexibility index (Phi) is 5.52. The van der Waals surface area contributed by atoms with E-state index in [9.17, 15) is 4.79 Å². The Morgan fingerprint density at radius 1 is 0.511 bits per heavy atom. The highest BCUT2D eigenvalue weighted by Gasteiger charge is 2.54. The van der Waals surface area contributed by atoms with Crippen molar-refractivity contribution in [1.82, 2.24) is 0 Å². The standard InChI is InChI=1S/C43H41NO/c1-40(2,3)26-21-23-30-29(24-26)39(45)28-22-20-27(41(4,5)6)25-35(28)43(30)32-15-10-12-19-37(32)44-36-18-11-9-14-31(36)42(7,8)33-16-13-17-34(43)38(33)44/h9-25H,1-8H3. The predicted octanol–water partition coefficient (Wildman–Crippen LogP) is 10.6. The van der Waals surface area contributed by atoms with Gasteiger partial charge < -0.3 is 4.90 Å². The van der Waals surface area contributed by atoms with Crippen molar-refractivity contribution < 1.29 is 4.79 Å². The van der Waals surface area contributed by atoms with Crippen molar-refractivity contribution in [2.45, 2.75) is 77.0 Å². The van der Waals surface area contributed by atoms with E-state index in [1.165, 1.54) is 50.4 Å². The van der Waals surface area contributed by atoms with Crippen LogP contribution in [-0.4, -0.2) is 5.78 Å². The van der Waals surface area contributed by atoms with Gasteiger partial charge in [-0.3, -0.25) is 4.79 Å². The smallest absolute Gasteiger partial charge is 0.193 e. The summed E-state index contributed by atoms with van der Waals surface area (Å²) in [4.78, 5) is 17.2. The molecule has 45 heavy (non-hydrogen) atoms. The molecule has 0 saturated heterocycles. The van der Waals surface area contributed by atoms with Crippen LogP contribution in [0.15, 0.2) is 103 Å². The molecule has 1 unspecified atom stereocenters. The van der Waals surface area contributed by atoms with E-state index in [0.717, 1.165) is 22.3 Å². The van der Waals surface area contributed by atoms with Gasteiger partial charge in [-0.25, -0.2) is 0 Å². The normalized spacial score (nSPS) is 18.9. The summed E-state index contributed by atoms with van der Waals surface area (Å²) in [5.41, 5.74) is 13.9. The minimum Gasteiger partial charge on any atom is -0.309 e. The first kappa shape index (κ1) is 28.1. The van der Waals surface area contributed by atoms with Crippen LogP contribution in [0.1, 0.15) is 116 Å². The number of carbonyl (C=O) groups excluding carboxylic acids is 1. The van der Waals surface area contributed by atoms with Crippen molar-refractivity contribution in [1.29, 1.82) is 0 Å². The number of rotatable bonds is 0. The minimum atomic E-state index is -0.670. The molecular weight excluding hydrogens is 546 g/mol. The lowest BCUT2D eigenvalue weighted by Crippen LogP contribution is -2.45. The number of hydrogen-bond acceptors (Lipinski definition) is 2. The van der Waals surface area contributed by atoms with Gasteiger partial charge in [0, 0.05) is 16.5 Å². The first-order chi connectivity index (χ1) is 21.3. The fourth-order valence-electron chi connectivity index (χ4n) is 8.35. The van der Waals surface area contributed by atoms with Crippen molar-refractivity contribution in [3.05, 3.63) is 159 Å². The summed E-state index contributed by atoms with van der Waals surface area (Å²) in [5.74, 6) is 0.118. The third-order valence-electron chi connectivity index (χ3n) is 10.8. The van der Waals surface area contributed by atoms with E-state index in [-0.39, 0.29) is 22.0 Å². The van der Waals surface area contributed by atoms with Crippen LogP contribution in [0.4, 0.5) is 17.1 Å². The van der Waals surface area contributed by atoms with E-state index < -0.39 is 5.41 Å². The second kappa shape index (κ2) is 8.85. The van der Waals surface area contributed by atoms with E-state index in [1.54, 1.807) is 0 Å². The molecule has 0 N–H and O–H groups in total. The molecule has 2 heteroatoms. The zero-order valence-corrected chi connectivity index (χ0v) is 27.7. The van der Waals surface area contributed by atoms with Gasteiger partial charge in [0.1, 0.15) is 0 Å². The number of hydrogen-bond donors (Lipinski definition) is 0. The molecule has 2 heterocycles. The molecule has 1 atom stereocenters. The number of benzene rings is 5. The quantitative estimate of drug-likeness (QED) is 0.176. The molecule has 5 aromatic rings. The molecule has 3 aliphatic rings. The minimum absolute atomic E-state index is 0.0765. The molecule has 0 fully saturated rings. The number of ketones is 1. The van der Waals surface area contributed by atoms with E-state index >= 15 is 0 Å². The van der Waals surface area contributed by atoms with Crippen LogP contribution in [0.3, 0.4) is 0 Å². The molecule has 0 bridgehead atoms. The summed E-state index contributed by atoms with van der Waals surface area (Å²) in [7, 11) is 0. The lowest BCUT2D eigenvalue weighted by atomic mass is 9.55. The van der Waals surface area contributed by atoms with Crippen LogP contribution in [0, 0.1) is 0 Å². The van der Waals surface area contributed by atoms with Gasteiger partial charge in [-0.1, -0.05) is 140 Å². The third-order valence-corrected chi connectivity index (χ3v) is 10.8. The van der Waals surface area contributed by atoms with Crippen LogP contribution in [0.25, 0.3) is 0 Å². The molecule has 2 aliphatic heterocycles. The molecule has 5 aromatic carbocycles. The van der Waals surface area contributed by atoms with Gasteiger partial charge in [0.2, 0.25) is 0 Å². The summed E-state index contributed by atoms with van der Waals surface area (Å²) in [6, 6.07) is 38.0. The SMILES string of the molecule is CC(C)(C)c1ccc2c(c1)C(=O)c1ccc(C(C)(C)C)cc1C21c2ccccc2N2c3ccccc3C(C)(C)c3cccc1c32. The van der Waals surface area contributed by atoms with Crippen molar-refractivity contribution >= 4 is 22.8 Å². The zero-order chi connectivity index (χ0) is 31.7. The Bertz CT molecular complexity index is 2080.